The van der Waals surface area contributed by atoms with Gasteiger partial charge in [0.05, 0.1) is 15.1 Å². The van der Waals surface area contributed by atoms with Crippen LogP contribution in [0, 0.1) is 5.82 Å². The molecule has 100 valence electrons. The number of rotatable bonds is 3. The summed E-state index contributed by atoms with van der Waals surface area (Å²) < 4.78 is 39.9. The number of aromatic nitrogens is 1. The van der Waals surface area contributed by atoms with E-state index in [4.69, 9.17) is 11.6 Å². The van der Waals surface area contributed by atoms with Crippen molar-refractivity contribution in [2.75, 3.05) is 4.72 Å². The summed E-state index contributed by atoms with van der Waals surface area (Å²) in [6.07, 6.45) is 1.43. The molecule has 0 amide bonds. The minimum absolute atomic E-state index is 0.0173. The summed E-state index contributed by atoms with van der Waals surface area (Å²) >= 11 is 8.71. The van der Waals surface area contributed by atoms with Crippen LogP contribution in [0.5, 0.6) is 0 Å². The van der Waals surface area contributed by atoms with E-state index in [1.807, 2.05) is 0 Å². The van der Waals surface area contributed by atoms with E-state index in [-0.39, 0.29) is 20.2 Å². The zero-order valence-electron chi connectivity index (χ0n) is 9.27. The molecule has 0 aliphatic rings. The fraction of sp³-hybridized carbons (Fsp3) is 0. The maximum absolute atomic E-state index is 13.4. The second kappa shape index (κ2) is 5.44. The van der Waals surface area contributed by atoms with Crippen molar-refractivity contribution in [3.8, 4) is 0 Å². The van der Waals surface area contributed by atoms with Crippen molar-refractivity contribution < 1.29 is 12.8 Å². The number of pyridine rings is 1. The van der Waals surface area contributed by atoms with Crippen molar-refractivity contribution in [3.05, 3.63) is 52.0 Å². The van der Waals surface area contributed by atoms with Gasteiger partial charge in [-0.05, 0) is 46.3 Å². The summed E-state index contributed by atoms with van der Waals surface area (Å²) in [5, 5.41) is 0.0173. The SMILES string of the molecule is O=S(=O)(Nc1cccnc1Cl)c1ccc(Br)c(F)c1. The summed E-state index contributed by atoms with van der Waals surface area (Å²) in [5.41, 5.74) is 0.132. The molecule has 0 fully saturated rings. The van der Waals surface area contributed by atoms with Gasteiger partial charge in [-0.15, -0.1) is 0 Å². The maximum atomic E-state index is 13.4. The van der Waals surface area contributed by atoms with E-state index in [2.05, 4.69) is 25.6 Å². The van der Waals surface area contributed by atoms with E-state index in [9.17, 15) is 12.8 Å². The lowest BCUT2D eigenvalue weighted by molar-refractivity contribution is 0.593. The quantitative estimate of drug-likeness (QED) is 0.848. The second-order valence-electron chi connectivity index (χ2n) is 3.52. The standard InChI is InChI=1S/C11H7BrClFN2O2S/c12-8-4-3-7(6-9(8)14)19(17,18)16-10-2-1-5-15-11(10)13/h1-6,16H. The number of anilines is 1. The van der Waals surface area contributed by atoms with Gasteiger partial charge in [0, 0.05) is 6.20 Å². The Morgan fingerprint density at radius 2 is 2.05 bits per heavy atom. The van der Waals surface area contributed by atoms with Gasteiger partial charge in [-0.3, -0.25) is 4.72 Å². The lowest BCUT2D eigenvalue weighted by Crippen LogP contribution is -2.13. The molecule has 8 heteroatoms. The van der Waals surface area contributed by atoms with Crippen LogP contribution in [0.25, 0.3) is 0 Å². The summed E-state index contributed by atoms with van der Waals surface area (Å²) in [7, 11) is -3.91. The molecular weight excluding hydrogens is 359 g/mol. The largest absolute Gasteiger partial charge is 0.276 e. The average Bonchev–Trinajstić information content (AvgIpc) is 2.35. The van der Waals surface area contributed by atoms with Crippen molar-refractivity contribution in [1.29, 1.82) is 0 Å². The van der Waals surface area contributed by atoms with E-state index in [0.29, 0.717) is 0 Å². The molecule has 19 heavy (non-hydrogen) atoms. The molecule has 0 saturated carbocycles. The number of sulfonamides is 1. The van der Waals surface area contributed by atoms with Crippen LogP contribution in [0.4, 0.5) is 10.1 Å². The van der Waals surface area contributed by atoms with Crippen LogP contribution in [0.15, 0.2) is 45.9 Å². The number of nitrogens with one attached hydrogen (secondary N) is 1. The Kier molecular flexibility index (Phi) is 4.07. The predicted octanol–water partition coefficient (Wildman–Crippen LogP) is 3.44. The predicted molar refractivity (Wildman–Crippen MR) is 74.2 cm³/mol. The van der Waals surface area contributed by atoms with Gasteiger partial charge in [0.2, 0.25) is 0 Å². The molecule has 2 aromatic rings. The molecule has 2 rings (SSSR count). The molecule has 1 N–H and O–H groups in total. The average molecular weight is 366 g/mol. The highest BCUT2D eigenvalue weighted by Gasteiger charge is 2.17. The number of hydrogen-bond acceptors (Lipinski definition) is 3. The Morgan fingerprint density at radius 3 is 2.68 bits per heavy atom. The third-order valence-electron chi connectivity index (χ3n) is 2.20. The van der Waals surface area contributed by atoms with Gasteiger partial charge < -0.3 is 0 Å². The molecule has 4 nitrogen and oxygen atoms in total. The first-order chi connectivity index (χ1) is 8.90. The van der Waals surface area contributed by atoms with Crippen LogP contribution in [-0.2, 0) is 10.0 Å². The van der Waals surface area contributed by atoms with Crippen LogP contribution >= 0.6 is 27.5 Å². The van der Waals surface area contributed by atoms with Gasteiger partial charge in [-0.1, -0.05) is 11.6 Å². The van der Waals surface area contributed by atoms with E-state index >= 15 is 0 Å². The zero-order chi connectivity index (χ0) is 14.0. The first-order valence-electron chi connectivity index (χ1n) is 4.98. The summed E-state index contributed by atoms with van der Waals surface area (Å²) in [6.45, 7) is 0. The highest BCUT2D eigenvalue weighted by molar-refractivity contribution is 9.10. The minimum atomic E-state index is -3.91. The molecule has 0 radical (unpaired) electrons. The molecule has 0 aliphatic carbocycles. The number of nitrogens with zero attached hydrogens (tertiary/aromatic N) is 1. The fourth-order valence-electron chi connectivity index (χ4n) is 1.31. The lowest BCUT2D eigenvalue weighted by Gasteiger charge is -2.09. The highest BCUT2D eigenvalue weighted by atomic mass is 79.9. The molecule has 0 atom stereocenters. The highest BCUT2D eigenvalue weighted by Crippen LogP contribution is 2.24. The van der Waals surface area contributed by atoms with E-state index in [1.54, 1.807) is 0 Å². The van der Waals surface area contributed by atoms with Crippen molar-refractivity contribution in [2.45, 2.75) is 4.90 Å². The topological polar surface area (TPSA) is 59.1 Å². The molecule has 1 heterocycles. The Labute approximate surface area is 122 Å². The van der Waals surface area contributed by atoms with Gasteiger partial charge >= 0.3 is 0 Å². The summed E-state index contributed by atoms with van der Waals surface area (Å²) in [6, 6.07) is 6.50. The van der Waals surface area contributed by atoms with E-state index in [0.717, 1.165) is 6.07 Å². The Hall–Kier alpha value is -1.18. The molecule has 0 spiro atoms. The Balaban J connectivity index is 2.38. The lowest BCUT2D eigenvalue weighted by atomic mass is 10.3. The molecule has 1 aromatic carbocycles. The van der Waals surface area contributed by atoms with Crippen molar-refractivity contribution >= 4 is 43.2 Å². The maximum Gasteiger partial charge on any atom is 0.262 e. The zero-order valence-corrected chi connectivity index (χ0v) is 12.4. The Bertz CT molecular complexity index is 724. The molecular formula is C11H7BrClFN2O2S. The number of benzene rings is 1. The van der Waals surface area contributed by atoms with E-state index in [1.165, 1.54) is 30.5 Å². The van der Waals surface area contributed by atoms with Crippen LogP contribution in [0.3, 0.4) is 0 Å². The van der Waals surface area contributed by atoms with Crippen molar-refractivity contribution in [3.63, 3.8) is 0 Å². The molecule has 0 aliphatic heterocycles. The number of hydrogen-bond donors (Lipinski definition) is 1. The van der Waals surface area contributed by atoms with Gasteiger partial charge in [0.15, 0.2) is 5.15 Å². The van der Waals surface area contributed by atoms with Crippen LogP contribution in [-0.4, -0.2) is 13.4 Å². The van der Waals surface area contributed by atoms with Gasteiger partial charge in [-0.25, -0.2) is 17.8 Å². The van der Waals surface area contributed by atoms with Crippen molar-refractivity contribution in [2.24, 2.45) is 0 Å². The molecule has 0 saturated heterocycles. The van der Waals surface area contributed by atoms with Gasteiger partial charge in [0.1, 0.15) is 5.82 Å². The van der Waals surface area contributed by atoms with Crippen LogP contribution < -0.4 is 4.72 Å². The van der Waals surface area contributed by atoms with E-state index < -0.39 is 15.8 Å². The normalized spacial score (nSPS) is 11.3. The molecule has 1 aromatic heterocycles. The van der Waals surface area contributed by atoms with Gasteiger partial charge in [0.25, 0.3) is 10.0 Å². The van der Waals surface area contributed by atoms with Crippen LogP contribution in [0.1, 0.15) is 0 Å². The third kappa shape index (κ3) is 3.23. The second-order valence-corrected chi connectivity index (χ2v) is 6.42. The summed E-state index contributed by atoms with van der Waals surface area (Å²) in [4.78, 5) is 3.54. The fourth-order valence-corrected chi connectivity index (χ4v) is 2.86. The smallest absolute Gasteiger partial charge is 0.262 e. The first-order valence-corrected chi connectivity index (χ1v) is 7.64. The number of halogens is 3. The van der Waals surface area contributed by atoms with Crippen molar-refractivity contribution in [1.82, 2.24) is 4.98 Å². The molecule has 0 bridgehead atoms. The monoisotopic (exact) mass is 364 g/mol. The third-order valence-corrected chi connectivity index (χ3v) is 4.51. The minimum Gasteiger partial charge on any atom is -0.276 e. The molecule has 0 unspecified atom stereocenters. The summed E-state index contributed by atoms with van der Waals surface area (Å²) in [5.74, 6) is -0.667. The first kappa shape index (κ1) is 14.2. The van der Waals surface area contributed by atoms with Crippen LogP contribution in [0.2, 0.25) is 5.15 Å². The Morgan fingerprint density at radius 1 is 1.32 bits per heavy atom. The van der Waals surface area contributed by atoms with Gasteiger partial charge in [-0.2, -0.15) is 0 Å².